The lowest BCUT2D eigenvalue weighted by atomic mass is 10.3. The average Bonchev–Trinajstić information content (AvgIpc) is 2.41. The van der Waals surface area contributed by atoms with Gasteiger partial charge < -0.3 is 8.79 Å². The van der Waals surface area contributed by atoms with Crippen LogP contribution >= 0.6 is 11.5 Å². The Kier molecular flexibility index (Phi) is 4.26. The average molecular weight is 209 g/mol. The van der Waals surface area contributed by atoms with E-state index in [1.54, 1.807) is 11.5 Å². The first-order valence-electron chi connectivity index (χ1n) is 4.72. The van der Waals surface area contributed by atoms with Crippen LogP contribution in [0.1, 0.15) is 19.6 Å². The van der Waals surface area contributed by atoms with E-state index in [9.17, 15) is 0 Å². The van der Waals surface area contributed by atoms with E-state index in [-0.39, 0.29) is 0 Å². The fraction of sp³-hybridized carbons (Fsp3) is 0.273. The Hall–Kier alpha value is -1.22. The molecule has 14 heavy (non-hydrogen) atoms. The molecule has 2 nitrogen and oxygen atoms in total. The number of H-pyrrole nitrogens is 1. The van der Waals surface area contributed by atoms with Gasteiger partial charge in [-0.1, -0.05) is 37.5 Å². The molecule has 0 aliphatic heterocycles. The van der Waals surface area contributed by atoms with Crippen LogP contribution in [0.3, 0.4) is 0 Å². The molecular weight excluding hydrogens is 194 g/mol. The van der Waals surface area contributed by atoms with Crippen LogP contribution in [0.4, 0.5) is 0 Å². The van der Waals surface area contributed by atoms with Gasteiger partial charge in [-0.05, 0) is 19.1 Å². The number of aromatic nitrogens is 1. The number of benzene rings is 1. The molecule has 1 heterocycles. The van der Waals surface area contributed by atoms with Crippen molar-refractivity contribution in [1.29, 1.82) is 0 Å². The van der Waals surface area contributed by atoms with E-state index in [0.717, 1.165) is 16.0 Å². The molecule has 1 aromatic carbocycles. The zero-order valence-corrected chi connectivity index (χ0v) is 9.52. The van der Waals surface area contributed by atoms with Gasteiger partial charge in [-0.3, -0.25) is 0 Å². The first kappa shape index (κ1) is 10.9. The maximum atomic E-state index is 5.53. The maximum absolute atomic E-state index is 5.53. The Morgan fingerprint density at radius 3 is 2.71 bits per heavy atom. The number of hydrogen-bond donors (Lipinski definition) is 1. The number of para-hydroxylation sites is 1. The Balaban J connectivity index is 0.000000461. The Morgan fingerprint density at radius 1 is 1.21 bits per heavy atom. The van der Waals surface area contributed by atoms with Gasteiger partial charge in [0.15, 0.2) is 0 Å². The highest BCUT2D eigenvalue weighted by molar-refractivity contribution is 7.12. The van der Waals surface area contributed by atoms with Gasteiger partial charge in [-0.15, -0.1) is 0 Å². The molecule has 0 spiro atoms. The highest BCUT2D eigenvalue weighted by Gasteiger charge is 1.91. The van der Waals surface area contributed by atoms with Crippen LogP contribution in [0.5, 0.6) is 0 Å². The zero-order valence-electron chi connectivity index (χ0n) is 8.70. The predicted molar refractivity (Wildman–Crippen MR) is 62.2 cm³/mol. The number of nitrogens with one attached hydrogen (secondary N) is 1. The van der Waals surface area contributed by atoms with Gasteiger partial charge >= 0.3 is 0 Å². The van der Waals surface area contributed by atoms with Crippen molar-refractivity contribution in [1.82, 2.24) is 4.37 Å². The third kappa shape index (κ3) is 2.64. The summed E-state index contributed by atoms with van der Waals surface area (Å²) in [4.78, 5) is 0. The summed E-state index contributed by atoms with van der Waals surface area (Å²) in [6, 6.07) is 7.96. The van der Waals surface area contributed by atoms with Crippen LogP contribution in [0.25, 0.3) is 10.3 Å². The molecule has 3 heteroatoms. The highest BCUT2D eigenvalue weighted by atomic mass is 32.1. The minimum Gasteiger partial charge on any atom is -0.459 e. The number of aryl methyl sites for hydroxylation is 1. The largest absolute Gasteiger partial charge is 0.459 e. The molecule has 0 unspecified atom stereocenters. The topological polar surface area (TPSA) is 28.9 Å². The summed E-state index contributed by atoms with van der Waals surface area (Å²) in [6.07, 6.45) is 1.85. The van der Waals surface area contributed by atoms with Gasteiger partial charge in [-0.2, -0.15) is 0 Å². The summed E-state index contributed by atoms with van der Waals surface area (Å²) < 4.78 is 9.73. The molecule has 2 rings (SSSR count). The number of aromatic amines is 1. The molecule has 0 bridgehead atoms. The van der Waals surface area contributed by atoms with E-state index >= 15 is 0 Å². The molecule has 0 saturated carbocycles. The molecule has 1 N–H and O–H groups in total. The summed E-state index contributed by atoms with van der Waals surface area (Å²) in [7, 11) is 0. The number of fused-ring (bicyclic) bond motifs is 1. The monoisotopic (exact) mass is 209 g/mol. The SMILES string of the molecule is CC.Cc1c[nH]sc2ccccc2o1. The maximum Gasteiger partial charge on any atom is 0.145 e. The van der Waals surface area contributed by atoms with Crippen molar-refractivity contribution < 1.29 is 4.42 Å². The van der Waals surface area contributed by atoms with Gasteiger partial charge in [-0.25, -0.2) is 0 Å². The second-order valence-electron chi connectivity index (χ2n) is 2.52. The van der Waals surface area contributed by atoms with Gasteiger partial charge in [0, 0.05) is 6.20 Å². The Morgan fingerprint density at radius 2 is 1.93 bits per heavy atom. The van der Waals surface area contributed by atoms with Crippen molar-refractivity contribution in [3.8, 4) is 0 Å². The van der Waals surface area contributed by atoms with E-state index < -0.39 is 0 Å². The molecule has 0 radical (unpaired) electrons. The molecule has 1 aromatic heterocycles. The molecular formula is C11H15NOS. The lowest BCUT2D eigenvalue weighted by molar-refractivity contribution is 0.568. The highest BCUT2D eigenvalue weighted by Crippen LogP contribution is 2.15. The van der Waals surface area contributed by atoms with Crippen molar-refractivity contribution in [3.63, 3.8) is 0 Å². The number of rotatable bonds is 0. The smallest absolute Gasteiger partial charge is 0.145 e. The van der Waals surface area contributed by atoms with Crippen molar-refractivity contribution >= 4 is 21.8 Å². The van der Waals surface area contributed by atoms with E-state index in [4.69, 9.17) is 4.42 Å². The third-order valence-electron chi connectivity index (χ3n) is 1.55. The molecule has 0 fully saturated rings. The lowest BCUT2D eigenvalue weighted by Gasteiger charge is -1.88. The quantitative estimate of drug-likeness (QED) is 0.689. The molecule has 0 amide bonds. The summed E-state index contributed by atoms with van der Waals surface area (Å²) in [5.41, 5.74) is 0.918. The van der Waals surface area contributed by atoms with E-state index in [1.165, 1.54) is 0 Å². The summed E-state index contributed by atoms with van der Waals surface area (Å²) in [5, 5.41) is 0. The Labute approximate surface area is 88.0 Å². The molecule has 0 saturated heterocycles. The van der Waals surface area contributed by atoms with Gasteiger partial charge in [0.05, 0.1) is 4.70 Å². The van der Waals surface area contributed by atoms with Crippen LogP contribution in [-0.2, 0) is 0 Å². The number of hydrogen-bond acceptors (Lipinski definition) is 2. The van der Waals surface area contributed by atoms with E-state index in [1.807, 2.05) is 51.2 Å². The third-order valence-corrected chi connectivity index (χ3v) is 2.34. The zero-order chi connectivity index (χ0) is 10.4. The van der Waals surface area contributed by atoms with Crippen molar-refractivity contribution in [2.75, 3.05) is 0 Å². The predicted octanol–water partition coefficient (Wildman–Crippen LogP) is 4.28. The fourth-order valence-electron chi connectivity index (χ4n) is 0.998. The van der Waals surface area contributed by atoms with Crippen molar-refractivity contribution in [3.05, 3.63) is 36.2 Å². The van der Waals surface area contributed by atoms with Crippen LogP contribution in [-0.4, -0.2) is 4.37 Å². The first-order chi connectivity index (χ1) is 6.86. The second kappa shape index (κ2) is 5.50. The van der Waals surface area contributed by atoms with Gasteiger partial charge in [0.25, 0.3) is 0 Å². The van der Waals surface area contributed by atoms with Crippen LogP contribution in [0, 0.1) is 6.92 Å². The molecule has 0 atom stereocenters. The first-order valence-corrected chi connectivity index (χ1v) is 5.54. The van der Waals surface area contributed by atoms with Crippen LogP contribution in [0.15, 0.2) is 34.9 Å². The summed E-state index contributed by atoms with van der Waals surface area (Å²) in [6.45, 7) is 5.93. The van der Waals surface area contributed by atoms with Crippen molar-refractivity contribution in [2.24, 2.45) is 0 Å². The van der Waals surface area contributed by atoms with Gasteiger partial charge in [0.2, 0.25) is 0 Å². The summed E-state index contributed by atoms with van der Waals surface area (Å²) >= 11 is 1.56. The minimum absolute atomic E-state index is 0.882. The van der Waals surface area contributed by atoms with Crippen LogP contribution < -0.4 is 0 Å². The molecule has 76 valence electrons. The Bertz CT molecular complexity index is 423. The van der Waals surface area contributed by atoms with E-state index in [0.29, 0.717) is 0 Å². The minimum atomic E-state index is 0.882. The van der Waals surface area contributed by atoms with E-state index in [2.05, 4.69) is 4.37 Å². The molecule has 0 aliphatic carbocycles. The fourth-order valence-corrected chi connectivity index (χ4v) is 1.71. The van der Waals surface area contributed by atoms with Gasteiger partial charge in [0.1, 0.15) is 11.3 Å². The molecule has 0 aliphatic rings. The summed E-state index contributed by atoms with van der Waals surface area (Å²) in [5.74, 6) is 0.882. The standard InChI is InChI=1S/C9H9NOS.C2H6/c1-7-6-10-12-9-5-3-2-4-8(9)11-7;1-2/h2-6,10H,1H3;1-2H3. The normalized spacial score (nSPS) is 9.07. The lowest BCUT2D eigenvalue weighted by Crippen LogP contribution is -1.64. The van der Waals surface area contributed by atoms with Crippen LogP contribution in [0.2, 0.25) is 0 Å². The second-order valence-corrected chi connectivity index (χ2v) is 3.40. The van der Waals surface area contributed by atoms with Crippen molar-refractivity contribution in [2.45, 2.75) is 20.8 Å². The molecule has 2 aromatic rings.